The van der Waals surface area contributed by atoms with Crippen LogP contribution in [0.5, 0.6) is 23.0 Å². The Morgan fingerprint density at radius 2 is 1.19 bits per heavy atom. The summed E-state index contributed by atoms with van der Waals surface area (Å²) in [6, 6.07) is 15.5. The SMILES string of the molecule is CCCCCCOc1ccc(NC2=CC(=O)c3c(O)c(Nc4ccc(OCCCCCC)cc4)cc(O)c3C2=O)cc1. The van der Waals surface area contributed by atoms with Crippen molar-refractivity contribution in [2.24, 2.45) is 0 Å². The normalized spacial score (nSPS) is 12.5. The van der Waals surface area contributed by atoms with Gasteiger partial charge in [-0.25, -0.2) is 0 Å². The summed E-state index contributed by atoms with van der Waals surface area (Å²) in [4.78, 5) is 26.3. The number of ether oxygens (including phenoxy) is 2. The molecule has 0 saturated heterocycles. The van der Waals surface area contributed by atoms with E-state index in [1.54, 1.807) is 48.5 Å². The summed E-state index contributed by atoms with van der Waals surface area (Å²) < 4.78 is 11.5. The number of anilines is 3. The van der Waals surface area contributed by atoms with Crippen molar-refractivity contribution in [1.82, 2.24) is 0 Å². The summed E-state index contributed by atoms with van der Waals surface area (Å²) in [7, 11) is 0. The minimum absolute atomic E-state index is 0.00132. The molecule has 0 amide bonds. The summed E-state index contributed by atoms with van der Waals surface area (Å²) in [5.74, 6) is -0.564. The van der Waals surface area contributed by atoms with E-state index in [-0.39, 0.29) is 22.5 Å². The monoisotopic (exact) mass is 572 g/mol. The lowest BCUT2D eigenvalue weighted by atomic mass is 9.90. The third-order valence-electron chi connectivity index (χ3n) is 7.07. The third-order valence-corrected chi connectivity index (χ3v) is 7.07. The van der Waals surface area contributed by atoms with Crippen LogP contribution < -0.4 is 20.1 Å². The summed E-state index contributed by atoms with van der Waals surface area (Å²) in [6.45, 7) is 5.61. The van der Waals surface area contributed by atoms with E-state index in [4.69, 9.17) is 9.47 Å². The van der Waals surface area contributed by atoms with Gasteiger partial charge in [0.25, 0.3) is 0 Å². The van der Waals surface area contributed by atoms with Crippen molar-refractivity contribution in [1.29, 1.82) is 0 Å². The molecular formula is C34H40N2O6. The van der Waals surface area contributed by atoms with Crippen LogP contribution in [-0.4, -0.2) is 35.0 Å². The highest BCUT2D eigenvalue weighted by Gasteiger charge is 2.33. The van der Waals surface area contributed by atoms with Crippen LogP contribution in [0.3, 0.4) is 0 Å². The number of benzene rings is 3. The first kappa shape index (κ1) is 30.5. The number of aromatic hydroxyl groups is 2. The predicted molar refractivity (Wildman–Crippen MR) is 166 cm³/mol. The molecule has 222 valence electrons. The van der Waals surface area contributed by atoms with Gasteiger partial charge in [0.1, 0.15) is 17.2 Å². The molecule has 0 spiro atoms. The highest BCUT2D eigenvalue weighted by atomic mass is 16.5. The van der Waals surface area contributed by atoms with Crippen molar-refractivity contribution in [3.05, 3.63) is 77.5 Å². The number of phenolic OH excluding ortho intramolecular Hbond substituents is 2. The standard InChI is InChI=1S/C34H40N2O6/c1-3-5-7-9-19-41-25-15-11-23(12-16-25)35-27-21-29(37)32-31(33(27)39)30(38)22-28(34(32)40)36-24-13-17-26(18-14-24)42-20-10-8-6-4-2/h11-18,21-22,35-37,39H,3-10,19-20H2,1-2H3. The number of rotatable bonds is 16. The zero-order valence-corrected chi connectivity index (χ0v) is 24.4. The van der Waals surface area contributed by atoms with Crippen molar-refractivity contribution in [3.8, 4) is 23.0 Å². The second kappa shape index (κ2) is 15.0. The van der Waals surface area contributed by atoms with Crippen LogP contribution in [0.15, 0.2) is 66.4 Å². The van der Waals surface area contributed by atoms with Gasteiger partial charge in [0.15, 0.2) is 11.5 Å². The van der Waals surface area contributed by atoms with Crippen LogP contribution in [-0.2, 0) is 0 Å². The second-order valence-corrected chi connectivity index (χ2v) is 10.4. The fraction of sp³-hybridized carbons (Fsp3) is 0.353. The molecule has 42 heavy (non-hydrogen) atoms. The van der Waals surface area contributed by atoms with Crippen LogP contribution >= 0.6 is 0 Å². The number of phenols is 2. The van der Waals surface area contributed by atoms with Gasteiger partial charge in [0, 0.05) is 23.5 Å². The Kier molecular flexibility index (Phi) is 10.9. The van der Waals surface area contributed by atoms with Crippen molar-refractivity contribution in [2.75, 3.05) is 23.8 Å². The maximum Gasteiger partial charge on any atom is 0.213 e. The average molecular weight is 573 g/mol. The fourth-order valence-electron chi connectivity index (χ4n) is 4.74. The molecule has 4 N–H and O–H groups in total. The lowest BCUT2D eigenvalue weighted by Gasteiger charge is -2.21. The Balaban J connectivity index is 1.41. The molecule has 0 unspecified atom stereocenters. The maximum absolute atomic E-state index is 13.3. The number of hydrogen-bond acceptors (Lipinski definition) is 8. The Morgan fingerprint density at radius 1 is 0.667 bits per heavy atom. The third kappa shape index (κ3) is 7.84. The van der Waals surface area contributed by atoms with Gasteiger partial charge in [-0.2, -0.15) is 0 Å². The molecule has 0 aromatic heterocycles. The fourth-order valence-corrected chi connectivity index (χ4v) is 4.74. The minimum atomic E-state index is -0.597. The molecule has 3 aromatic carbocycles. The maximum atomic E-state index is 13.3. The molecule has 0 aliphatic heterocycles. The predicted octanol–water partition coefficient (Wildman–Crippen LogP) is 8.13. The van der Waals surface area contributed by atoms with Crippen LogP contribution in [0.25, 0.3) is 0 Å². The van der Waals surface area contributed by atoms with Gasteiger partial charge in [0.2, 0.25) is 5.78 Å². The zero-order valence-electron chi connectivity index (χ0n) is 24.4. The van der Waals surface area contributed by atoms with Gasteiger partial charge < -0.3 is 30.3 Å². The highest BCUT2D eigenvalue weighted by Crippen LogP contribution is 2.41. The molecular weight excluding hydrogens is 532 g/mol. The molecule has 0 radical (unpaired) electrons. The Bertz CT molecular complexity index is 1400. The first-order valence-corrected chi connectivity index (χ1v) is 14.8. The number of hydrogen-bond donors (Lipinski definition) is 4. The van der Waals surface area contributed by atoms with Gasteiger partial charge in [-0.05, 0) is 61.4 Å². The van der Waals surface area contributed by atoms with Gasteiger partial charge in [-0.3, -0.25) is 9.59 Å². The number of ketones is 2. The van der Waals surface area contributed by atoms with Crippen molar-refractivity contribution < 1.29 is 29.3 Å². The molecule has 4 rings (SSSR count). The molecule has 8 nitrogen and oxygen atoms in total. The number of Topliss-reactive ketones (excluding diaryl/α,β-unsaturated/α-hetero) is 1. The van der Waals surface area contributed by atoms with Gasteiger partial charge in [-0.1, -0.05) is 52.4 Å². The summed E-state index contributed by atoms with van der Waals surface area (Å²) in [6.07, 6.45) is 10.1. The van der Waals surface area contributed by atoms with E-state index in [2.05, 4.69) is 24.5 Å². The topological polar surface area (TPSA) is 117 Å². The molecule has 0 heterocycles. The van der Waals surface area contributed by atoms with E-state index in [0.29, 0.717) is 24.6 Å². The van der Waals surface area contributed by atoms with E-state index in [1.165, 1.54) is 31.7 Å². The quantitative estimate of drug-likeness (QED) is 0.0772. The van der Waals surface area contributed by atoms with E-state index in [9.17, 15) is 19.8 Å². The lowest BCUT2D eigenvalue weighted by molar-refractivity contribution is 0.0980. The first-order valence-electron chi connectivity index (χ1n) is 14.8. The van der Waals surface area contributed by atoms with Crippen LogP contribution in [0.4, 0.5) is 17.1 Å². The lowest BCUT2D eigenvalue weighted by Crippen LogP contribution is -2.22. The first-order chi connectivity index (χ1) is 20.4. The summed E-state index contributed by atoms with van der Waals surface area (Å²) >= 11 is 0. The number of carbonyl (C=O) groups excluding carboxylic acids is 2. The Hall–Kier alpha value is -4.46. The van der Waals surface area contributed by atoms with E-state index < -0.39 is 23.1 Å². The molecule has 8 heteroatoms. The van der Waals surface area contributed by atoms with E-state index in [1.807, 2.05) is 0 Å². The zero-order chi connectivity index (χ0) is 29.9. The number of carbonyl (C=O) groups is 2. The number of unbranched alkanes of at least 4 members (excludes halogenated alkanes) is 6. The van der Waals surface area contributed by atoms with Crippen molar-refractivity contribution in [2.45, 2.75) is 65.2 Å². The van der Waals surface area contributed by atoms with Gasteiger partial charge >= 0.3 is 0 Å². The van der Waals surface area contributed by atoms with Gasteiger partial charge in [0.05, 0.1) is 35.7 Å². The molecule has 1 aliphatic carbocycles. The highest BCUT2D eigenvalue weighted by molar-refractivity contribution is 6.28. The van der Waals surface area contributed by atoms with E-state index in [0.717, 1.165) is 43.3 Å². The largest absolute Gasteiger partial charge is 0.507 e. The molecule has 0 saturated carbocycles. The van der Waals surface area contributed by atoms with Crippen LogP contribution in [0, 0.1) is 0 Å². The van der Waals surface area contributed by atoms with Crippen LogP contribution in [0.1, 0.15) is 85.9 Å². The molecule has 1 aliphatic rings. The Morgan fingerprint density at radius 3 is 1.71 bits per heavy atom. The number of nitrogens with one attached hydrogen (secondary N) is 2. The van der Waals surface area contributed by atoms with E-state index >= 15 is 0 Å². The molecule has 3 aromatic rings. The van der Waals surface area contributed by atoms with Crippen LogP contribution in [0.2, 0.25) is 0 Å². The van der Waals surface area contributed by atoms with Crippen molar-refractivity contribution in [3.63, 3.8) is 0 Å². The average Bonchev–Trinajstić information content (AvgIpc) is 2.99. The smallest absolute Gasteiger partial charge is 0.213 e. The second-order valence-electron chi connectivity index (χ2n) is 10.4. The summed E-state index contributed by atoms with van der Waals surface area (Å²) in [5, 5.41) is 27.7. The number of fused-ring (bicyclic) bond motifs is 1. The Labute approximate surface area is 247 Å². The summed E-state index contributed by atoms with van der Waals surface area (Å²) in [5.41, 5.74) is 0.819. The minimum Gasteiger partial charge on any atom is -0.507 e. The molecule has 0 atom stereocenters. The number of allylic oxidation sites excluding steroid dienone is 2. The van der Waals surface area contributed by atoms with Gasteiger partial charge in [-0.15, -0.1) is 0 Å². The van der Waals surface area contributed by atoms with Crippen molar-refractivity contribution >= 4 is 28.6 Å². The molecule has 0 bridgehead atoms. The molecule has 0 fully saturated rings.